The van der Waals surface area contributed by atoms with Crippen molar-refractivity contribution in [3.05, 3.63) is 23.8 Å². The summed E-state index contributed by atoms with van der Waals surface area (Å²) >= 11 is 0. The third-order valence-electron chi connectivity index (χ3n) is 2.34. The van der Waals surface area contributed by atoms with Gasteiger partial charge in [-0.3, -0.25) is 4.39 Å². The molecule has 0 saturated heterocycles. The van der Waals surface area contributed by atoms with Crippen molar-refractivity contribution in [3.8, 4) is 11.5 Å². The minimum Gasteiger partial charge on any atom is -0.493 e. The molecule has 0 saturated carbocycles. The number of benzene rings is 1. The van der Waals surface area contributed by atoms with Crippen molar-refractivity contribution in [2.24, 2.45) is 5.73 Å². The van der Waals surface area contributed by atoms with Crippen LogP contribution >= 0.6 is 12.4 Å². The molecule has 0 spiro atoms. The fourth-order valence-electron chi connectivity index (χ4n) is 1.48. The predicted molar refractivity (Wildman–Crippen MR) is 68.9 cm³/mol. The molecule has 0 heterocycles. The van der Waals surface area contributed by atoms with Crippen molar-refractivity contribution >= 4 is 12.4 Å². The molecule has 0 amide bonds. The lowest BCUT2D eigenvalue weighted by Gasteiger charge is -2.14. The van der Waals surface area contributed by atoms with Gasteiger partial charge in [0.25, 0.3) is 0 Å². The summed E-state index contributed by atoms with van der Waals surface area (Å²) in [5, 5.41) is 0. The SMILES string of the molecule is CCOc1cc([C@H](N)CCF)ccc1OC.Cl. The highest BCUT2D eigenvalue weighted by Crippen LogP contribution is 2.30. The van der Waals surface area contributed by atoms with Crippen molar-refractivity contribution in [3.63, 3.8) is 0 Å². The quantitative estimate of drug-likeness (QED) is 0.858. The number of methoxy groups -OCH3 is 1. The Kier molecular flexibility index (Phi) is 7.66. The summed E-state index contributed by atoms with van der Waals surface area (Å²) in [5.74, 6) is 1.31. The van der Waals surface area contributed by atoms with Gasteiger partial charge in [0.15, 0.2) is 11.5 Å². The number of hydrogen-bond donors (Lipinski definition) is 1. The first-order valence-corrected chi connectivity index (χ1v) is 5.35. The maximum atomic E-state index is 12.2. The van der Waals surface area contributed by atoms with Crippen molar-refractivity contribution in [2.75, 3.05) is 20.4 Å². The third kappa shape index (κ3) is 4.40. The molecule has 2 N–H and O–H groups in total. The second-order valence-corrected chi connectivity index (χ2v) is 3.43. The molecule has 1 rings (SSSR count). The zero-order valence-corrected chi connectivity index (χ0v) is 10.9. The van der Waals surface area contributed by atoms with Gasteiger partial charge >= 0.3 is 0 Å². The van der Waals surface area contributed by atoms with E-state index in [2.05, 4.69) is 0 Å². The number of nitrogens with two attached hydrogens (primary N) is 1. The Balaban J connectivity index is 0.00000256. The lowest BCUT2D eigenvalue weighted by atomic mass is 10.0. The Hall–Kier alpha value is -1.00. The average molecular weight is 264 g/mol. The summed E-state index contributed by atoms with van der Waals surface area (Å²) in [5.41, 5.74) is 6.69. The molecule has 0 radical (unpaired) electrons. The highest BCUT2D eigenvalue weighted by molar-refractivity contribution is 5.85. The van der Waals surface area contributed by atoms with Crippen LogP contribution in [0, 0.1) is 0 Å². The standard InChI is InChI=1S/C12H18FNO2.ClH/c1-3-16-12-8-9(10(14)6-7-13)4-5-11(12)15-2;/h4-5,8,10H,3,6-7,14H2,1-2H3;1H/t10-;/m1./s1. The lowest BCUT2D eigenvalue weighted by Crippen LogP contribution is -2.11. The molecule has 0 aliphatic carbocycles. The molecule has 0 aliphatic heterocycles. The monoisotopic (exact) mass is 263 g/mol. The van der Waals surface area contributed by atoms with E-state index in [1.807, 2.05) is 19.1 Å². The molecule has 0 bridgehead atoms. The Bertz CT molecular complexity index is 336. The zero-order valence-electron chi connectivity index (χ0n) is 10.1. The summed E-state index contributed by atoms with van der Waals surface area (Å²) in [6.07, 6.45) is 0.317. The van der Waals surface area contributed by atoms with Crippen molar-refractivity contribution < 1.29 is 13.9 Å². The van der Waals surface area contributed by atoms with Crippen LogP contribution in [0.3, 0.4) is 0 Å². The number of alkyl halides is 1. The minimum atomic E-state index is -0.419. The first-order chi connectivity index (χ1) is 7.72. The van der Waals surface area contributed by atoms with Crippen LogP contribution in [-0.4, -0.2) is 20.4 Å². The summed E-state index contributed by atoms with van der Waals surface area (Å²) in [4.78, 5) is 0. The van der Waals surface area contributed by atoms with Gasteiger partial charge in [-0.1, -0.05) is 6.07 Å². The van der Waals surface area contributed by atoms with Gasteiger partial charge in [-0.15, -0.1) is 12.4 Å². The first-order valence-electron chi connectivity index (χ1n) is 5.35. The summed E-state index contributed by atoms with van der Waals surface area (Å²) in [6, 6.07) is 5.14. The summed E-state index contributed by atoms with van der Waals surface area (Å²) in [6.45, 7) is 2.03. The fourth-order valence-corrected chi connectivity index (χ4v) is 1.48. The van der Waals surface area contributed by atoms with E-state index in [1.165, 1.54) is 0 Å². The van der Waals surface area contributed by atoms with E-state index in [0.717, 1.165) is 5.56 Å². The first kappa shape index (κ1) is 16.0. The molecule has 1 aromatic carbocycles. The van der Waals surface area contributed by atoms with E-state index in [0.29, 0.717) is 24.5 Å². The molecule has 98 valence electrons. The topological polar surface area (TPSA) is 44.5 Å². The molecule has 17 heavy (non-hydrogen) atoms. The molecule has 0 fully saturated rings. The maximum absolute atomic E-state index is 12.2. The highest BCUT2D eigenvalue weighted by Gasteiger charge is 2.10. The average Bonchev–Trinajstić information content (AvgIpc) is 2.29. The van der Waals surface area contributed by atoms with E-state index < -0.39 is 6.67 Å². The van der Waals surface area contributed by atoms with E-state index in [1.54, 1.807) is 13.2 Å². The molecule has 0 aromatic heterocycles. The van der Waals surface area contributed by atoms with Gasteiger partial charge in [0.1, 0.15) is 0 Å². The van der Waals surface area contributed by atoms with Crippen LogP contribution in [0.1, 0.15) is 24.9 Å². The summed E-state index contributed by atoms with van der Waals surface area (Å²) < 4.78 is 22.8. The maximum Gasteiger partial charge on any atom is 0.161 e. The minimum absolute atomic E-state index is 0. The van der Waals surface area contributed by atoms with E-state index >= 15 is 0 Å². The Morgan fingerprint density at radius 1 is 1.35 bits per heavy atom. The van der Waals surface area contributed by atoms with Crippen LogP contribution in [0.15, 0.2) is 18.2 Å². The van der Waals surface area contributed by atoms with E-state index in [4.69, 9.17) is 15.2 Å². The smallest absolute Gasteiger partial charge is 0.161 e. The van der Waals surface area contributed by atoms with E-state index in [-0.39, 0.29) is 18.4 Å². The largest absolute Gasteiger partial charge is 0.493 e. The second-order valence-electron chi connectivity index (χ2n) is 3.43. The Labute approximate surface area is 108 Å². The van der Waals surface area contributed by atoms with Crippen LogP contribution in [0.5, 0.6) is 11.5 Å². The van der Waals surface area contributed by atoms with E-state index in [9.17, 15) is 4.39 Å². The van der Waals surface area contributed by atoms with Crippen LogP contribution in [-0.2, 0) is 0 Å². The zero-order chi connectivity index (χ0) is 12.0. The molecule has 1 atom stereocenters. The molecular formula is C12H19ClFNO2. The van der Waals surface area contributed by atoms with Gasteiger partial charge in [-0.25, -0.2) is 0 Å². The van der Waals surface area contributed by atoms with Crippen LogP contribution in [0.25, 0.3) is 0 Å². The van der Waals surface area contributed by atoms with Gasteiger partial charge in [0, 0.05) is 6.04 Å². The molecule has 0 unspecified atom stereocenters. The highest BCUT2D eigenvalue weighted by atomic mass is 35.5. The number of rotatable bonds is 6. The van der Waals surface area contributed by atoms with Crippen molar-refractivity contribution in [1.82, 2.24) is 0 Å². The fraction of sp³-hybridized carbons (Fsp3) is 0.500. The molecule has 0 aliphatic rings. The van der Waals surface area contributed by atoms with Gasteiger partial charge < -0.3 is 15.2 Å². The van der Waals surface area contributed by atoms with Gasteiger partial charge in [0.05, 0.1) is 20.4 Å². The Morgan fingerprint density at radius 2 is 2.06 bits per heavy atom. The molecule has 5 heteroatoms. The van der Waals surface area contributed by atoms with Crippen LogP contribution in [0.2, 0.25) is 0 Å². The lowest BCUT2D eigenvalue weighted by molar-refractivity contribution is 0.310. The van der Waals surface area contributed by atoms with Crippen molar-refractivity contribution in [2.45, 2.75) is 19.4 Å². The van der Waals surface area contributed by atoms with Gasteiger partial charge in [0.2, 0.25) is 0 Å². The van der Waals surface area contributed by atoms with Crippen LogP contribution < -0.4 is 15.2 Å². The molecular weight excluding hydrogens is 245 g/mol. The van der Waals surface area contributed by atoms with Gasteiger partial charge in [-0.05, 0) is 31.0 Å². The second kappa shape index (κ2) is 8.14. The molecule has 3 nitrogen and oxygen atoms in total. The number of ether oxygens (including phenoxy) is 2. The number of hydrogen-bond acceptors (Lipinski definition) is 3. The summed E-state index contributed by atoms with van der Waals surface area (Å²) in [7, 11) is 1.58. The van der Waals surface area contributed by atoms with Gasteiger partial charge in [-0.2, -0.15) is 0 Å². The van der Waals surface area contributed by atoms with Crippen molar-refractivity contribution in [1.29, 1.82) is 0 Å². The predicted octanol–water partition coefficient (Wildman–Crippen LogP) is 2.88. The van der Waals surface area contributed by atoms with Crippen LogP contribution in [0.4, 0.5) is 4.39 Å². The number of halogens is 2. The normalized spacial score (nSPS) is 11.5. The Morgan fingerprint density at radius 3 is 2.59 bits per heavy atom. The third-order valence-corrected chi connectivity index (χ3v) is 2.34. The molecule has 1 aromatic rings.